The Labute approximate surface area is 187 Å². The minimum Gasteiger partial charge on any atom is -0.494 e. The van der Waals surface area contributed by atoms with E-state index in [1.54, 1.807) is 10.3 Å². The van der Waals surface area contributed by atoms with Crippen LogP contribution >= 0.6 is 11.5 Å². The topological polar surface area (TPSA) is 84.4 Å². The molecule has 2 amide bonds. The predicted octanol–water partition coefficient (Wildman–Crippen LogP) is 4.12. The Morgan fingerprint density at radius 3 is 2.42 bits per heavy atom. The molecule has 8 heteroatoms. The Kier molecular flexibility index (Phi) is 7.17. The molecule has 4 rings (SSSR count). The predicted molar refractivity (Wildman–Crippen MR) is 119 cm³/mol. The van der Waals surface area contributed by atoms with Crippen LogP contribution in [0.25, 0.3) is 0 Å². The SMILES string of the molecule is CCOc1ccc([C@H](C(=O)NC2CCCC2)N(C(=O)c2csnn2)C2CCCC2)cc1. The molecule has 2 aromatic rings. The third-order valence-corrected chi connectivity index (χ3v) is 6.77. The van der Waals surface area contributed by atoms with Crippen molar-refractivity contribution in [2.75, 3.05) is 6.61 Å². The minimum atomic E-state index is -0.700. The van der Waals surface area contributed by atoms with Gasteiger partial charge in [-0.2, -0.15) is 0 Å². The van der Waals surface area contributed by atoms with Crippen molar-refractivity contribution >= 4 is 23.3 Å². The second-order valence-corrected chi connectivity index (χ2v) is 8.95. The average molecular weight is 443 g/mol. The highest BCUT2D eigenvalue weighted by molar-refractivity contribution is 7.03. The lowest BCUT2D eigenvalue weighted by Gasteiger charge is -2.36. The highest BCUT2D eigenvalue weighted by Crippen LogP contribution is 2.34. The molecule has 1 aromatic carbocycles. The maximum atomic E-state index is 13.6. The first-order valence-electron chi connectivity index (χ1n) is 11.3. The van der Waals surface area contributed by atoms with Crippen LogP contribution in [0.2, 0.25) is 0 Å². The molecule has 0 unspecified atom stereocenters. The first kappa shape index (κ1) is 21.7. The number of nitrogens with zero attached hydrogens (tertiary/aromatic N) is 3. The fraction of sp³-hybridized carbons (Fsp3) is 0.565. The lowest BCUT2D eigenvalue weighted by molar-refractivity contribution is -0.127. The number of nitrogens with one attached hydrogen (secondary N) is 1. The summed E-state index contributed by atoms with van der Waals surface area (Å²) in [5.74, 6) is 0.421. The summed E-state index contributed by atoms with van der Waals surface area (Å²) < 4.78 is 9.45. The molecule has 0 aliphatic heterocycles. The number of amides is 2. The van der Waals surface area contributed by atoms with Gasteiger partial charge in [0, 0.05) is 17.5 Å². The van der Waals surface area contributed by atoms with Crippen LogP contribution < -0.4 is 10.1 Å². The van der Waals surface area contributed by atoms with Gasteiger partial charge in [-0.25, -0.2) is 0 Å². The molecule has 2 fully saturated rings. The van der Waals surface area contributed by atoms with Gasteiger partial charge in [0.2, 0.25) is 5.91 Å². The van der Waals surface area contributed by atoms with E-state index in [-0.39, 0.29) is 23.9 Å². The van der Waals surface area contributed by atoms with Crippen LogP contribution in [0.4, 0.5) is 0 Å². The number of hydrogen-bond donors (Lipinski definition) is 1. The summed E-state index contributed by atoms with van der Waals surface area (Å²) in [4.78, 5) is 28.9. The summed E-state index contributed by atoms with van der Waals surface area (Å²) >= 11 is 1.15. The number of carbonyl (C=O) groups excluding carboxylic acids is 2. The van der Waals surface area contributed by atoms with Crippen molar-refractivity contribution in [3.05, 3.63) is 40.9 Å². The number of carbonyl (C=O) groups is 2. The number of rotatable bonds is 8. The van der Waals surface area contributed by atoms with Crippen LogP contribution in [-0.2, 0) is 4.79 Å². The number of hydrogen-bond acceptors (Lipinski definition) is 6. The van der Waals surface area contributed by atoms with Crippen molar-refractivity contribution in [1.29, 1.82) is 0 Å². The van der Waals surface area contributed by atoms with E-state index in [2.05, 4.69) is 14.9 Å². The summed E-state index contributed by atoms with van der Waals surface area (Å²) in [6, 6.07) is 7.04. The quantitative estimate of drug-likeness (QED) is 0.665. The van der Waals surface area contributed by atoms with Gasteiger partial charge in [-0.1, -0.05) is 42.3 Å². The largest absolute Gasteiger partial charge is 0.494 e. The van der Waals surface area contributed by atoms with Crippen LogP contribution in [0.5, 0.6) is 5.75 Å². The van der Waals surface area contributed by atoms with Crippen molar-refractivity contribution in [3.8, 4) is 5.75 Å². The lowest BCUT2D eigenvalue weighted by atomic mass is 10.00. The Balaban J connectivity index is 1.69. The Morgan fingerprint density at radius 1 is 1.13 bits per heavy atom. The van der Waals surface area contributed by atoms with Crippen LogP contribution in [0.1, 0.15) is 80.4 Å². The molecule has 0 spiro atoms. The van der Waals surface area contributed by atoms with Gasteiger partial charge in [-0.05, 0) is 61.8 Å². The molecule has 166 valence electrons. The van der Waals surface area contributed by atoms with Crippen LogP contribution in [0, 0.1) is 0 Å². The first-order chi connectivity index (χ1) is 15.2. The zero-order valence-corrected chi connectivity index (χ0v) is 18.8. The van der Waals surface area contributed by atoms with Gasteiger partial charge in [0.25, 0.3) is 5.91 Å². The van der Waals surface area contributed by atoms with E-state index in [4.69, 9.17) is 4.74 Å². The maximum absolute atomic E-state index is 13.6. The van der Waals surface area contributed by atoms with Gasteiger partial charge in [0.1, 0.15) is 11.8 Å². The standard InChI is InChI=1S/C23H30N4O3S/c1-2-30-19-13-11-16(12-14-19)21(22(28)24-17-7-3-4-8-17)27(18-9-5-6-10-18)23(29)20-15-31-26-25-20/h11-15,17-18,21H,2-10H2,1H3,(H,24,28)/t21-/m1/s1. The summed E-state index contributed by atoms with van der Waals surface area (Å²) in [5.41, 5.74) is 1.10. The summed E-state index contributed by atoms with van der Waals surface area (Å²) in [7, 11) is 0. The van der Waals surface area contributed by atoms with Crippen LogP contribution in [0.3, 0.4) is 0 Å². The molecule has 1 N–H and O–H groups in total. The first-order valence-corrected chi connectivity index (χ1v) is 12.1. The average Bonchev–Trinajstić information content (AvgIpc) is 3.56. The van der Waals surface area contributed by atoms with E-state index in [9.17, 15) is 9.59 Å². The van der Waals surface area contributed by atoms with E-state index >= 15 is 0 Å². The minimum absolute atomic E-state index is 0.0140. The van der Waals surface area contributed by atoms with Gasteiger partial charge in [0.15, 0.2) is 5.69 Å². The number of aromatic nitrogens is 2. The van der Waals surface area contributed by atoms with Crippen LogP contribution in [-0.4, -0.2) is 45.0 Å². The van der Waals surface area contributed by atoms with Gasteiger partial charge >= 0.3 is 0 Å². The molecule has 0 radical (unpaired) electrons. The fourth-order valence-corrected chi connectivity index (χ4v) is 5.20. The zero-order valence-electron chi connectivity index (χ0n) is 18.0. The highest BCUT2D eigenvalue weighted by atomic mass is 32.1. The molecule has 2 aliphatic carbocycles. The van der Waals surface area contributed by atoms with Crippen molar-refractivity contribution in [2.45, 2.75) is 76.4 Å². The molecule has 2 aliphatic rings. The molecule has 2 saturated carbocycles. The molecular formula is C23H30N4O3S. The summed E-state index contributed by atoms with van der Waals surface area (Å²) in [6.45, 7) is 2.52. The number of ether oxygens (including phenoxy) is 1. The van der Waals surface area contributed by atoms with Gasteiger partial charge in [-0.3, -0.25) is 9.59 Å². The van der Waals surface area contributed by atoms with Crippen molar-refractivity contribution in [1.82, 2.24) is 19.8 Å². The van der Waals surface area contributed by atoms with Crippen molar-refractivity contribution in [3.63, 3.8) is 0 Å². The normalized spacial score (nSPS) is 18.1. The second-order valence-electron chi connectivity index (χ2n) is 8.34. The monoisotopic (exact) mass is 442 g/mol. The molecule has 7 nitrogen and oxygen atoms in total. The summed E-state index contributed by atoms with van der Waals surface area (Å²) in [6.07, 6.45) is 8.17. The van der Waals surface area contributed by atoms with Gasteiger partial charge < -0.3 is 15.0 Å². The molecule has 31 heavy (non-hydrogen) atoms. The second kappa shape index (κ2) is 10.2. The molecule has 1 heterocycles. The van der Waals surface area contributed by atoms with E-state index < -0.39 is 6.04 Å². The molecule has 0 saturated heterocycles. The van der Waals surface area contributed by atoms with Gasteiger partial charge in [-0.15, -0.1) is 5.10 Å². The molecule has 1 atom stereocenters. The van der Waals surface area contributed by atoms with E-state index in [1.807, 2.05) is 31.2 Å². The third-order valence-electron chi connectivity index (χ3n) is 6.27. The highest BCUT2D eigenvalue weighted by Gasteiger charge is 2.39. The zero-order chi connectivity index (χ0) is 21.6. The fourth-order valence-electron chi connectivity index (χ4n) is 4.77. The number of benzene rings is 1. The smallest absolute Gasteiger partial charge is 0.276 e. The molecule has 1 aromatic heterocycles. The lowest BCUT2D eigenvalue weighted by Crippen LogP contribution is -2.49. The molecule has 0 bridgehead atoms. The van der Waals surface area contributed by atoms with Gasteiger partial charge in [0.05, 0.1) is 6.61 Å². The van der Waals surface area contributed by atoms with E-state index in [0.29, 0.717) is 12.3 Å². The Bertz CT molecular complexity index is 859. The van der Waals surface area contributed by atoms with Crippen molar-refractivity contribution < 1.29 is 14.3 Å². The molecular weight excluding hydrogens is 412 g/mol. The van der Waals surface area contributed by atoms with E-state index in [0.717, 1.165) is 74.2 Å². The summed E-state index contributed by atoms with van der Waals surface area (Å²) in [5, 5.41) is 8.90. The van der Waals surface area contributed by atoms with Crippen molar-refractivity contribution in [2.24, 2.45) is 0 Å². The third kappa shape index (κ3) is 5.06. The van der Waals surface area contributed by atoms with Crippen LogP contribution in [0.15, 0.2) is 29.6 Å². The van der Waals surface area contributed by atoms with E-state index in [1.165, 1.54) is 0 Å². The maximum Gasteiger partial charge on any atom is 0.276 e. The Hall–Kier alpha value is -2.48. The Morgan fingerprint density at radius 2 is 1.81 bits per heavy atom.